The highest BCUT2D eigenvalue weighted by Crippen LogP contribution is 2.24. The lowest BCUT2D eigenvalue weighted by atomic mass is 10.2. The van der Waals surface area contributed by atoms with Crippen LogP contribution in [0.3, 0.4) is 0 Å². The van der Waals surface area contributed by atoms with Crippen molar-refractivity contribution < 1.29 is 19.2 Å². The highest BCUT2D eigenvalue weighted by Gasteiger charge is 2.45. The largest absolute Gasteiger partial charge is 0.335 e. The first-order valence-corrected chi connectivity index (χ1v) is 9.47. The molecule has 11 heteroatoms. The number of carbonyl (C=O) groups is 4. The predicted molar refractivity (Wildman–Crippen MR) is 109 cm³/mol. The molecule has 1 aliphatic heterocycles. The Morgan fingerprint density at radius 3 is 2.45 bits per heavy atom. The summed E-state index contributed by atoms with van der Waals surface area (Å²) in [5, 5.41) is 6.97. The smallest absolute Gasteiger partial charge is 0.323 e. The number of halogens is 1. The number of nitrogens with zero attached hydrogens (tertiary/aromatic N) is 5. The number of anilines is 1. The van der Waals surface area contributed by atoms with Crippen LogP contribution >= 0.6 is 11.6 Å². The second-order valence-corrected chi connectivity index (χ2v) is 7.04. The Kier molecular flexibility index (Phi) is 5.46. The molecule has 1 fully saturated rings. The van der Waals surface area contributed by atoms with E-state index in [2.05, 4.69) is 15.4 Å². The van der Waals surface area contributed by atoms with Crippen LogP contribution in [0.4, 0.5) is 10.5 Å². The predicted octanol–water partition coefficient (Wildman–Crippen LogP) is 1.85. The third-order valence-electron chi connectivity index (χ3n) is 4.52. The summed E-state index contributed by atoms with van der Waals surface area (Å²) < 4.78 is 1.42. The number of imide groups is 2. The lowest BCUT2D eigenvalue weighted by Gasteiger charge is -2.16. The van der Waals surface area contributed by atoms with Gasteiger partial charge in [0.15, 0.2) is 0 Å². The molecular weight excluding hydrogens is 424 g/mol. The Bertz CT molecular complexity index is 1170. The molecule has 10 nitrogen and oxygen atoms in total. The number of aromatic nitrogens is 3. The summed E-state index contributed by atoms with van der Waals surface area (Å²) in [5.41, 5.74) is 1.46. The molecule has 5 amide bonds. The van der Waals surface area contributed by atoms with Crippen molar-refractivity contribution in [2.24, 2.45) is 0 Å². The van der Waals surface area contributed by atoms with Crippen molar-refractivity contribution in [1.82, 2.24) is 24.6 Å². The quantitative estimate of drug-likeness (QED) is 0.463. The number of urea groups is 1. The van der Waals surface area contributed by atoms with E-state index in [9.17, 15) is 19.2 Å². The van der Waals surface area contributed by atoms with E-state index in [0.29, 0.717) is 26.9 Å². The first kappa shape index (κ1) is 20.2. The normalized spacial score (nSPS) is 13.8. The average molecular weight is 439 g/mol. The Labute approximate surface area is 181 Å². The SMILES string of the molecule is O=C(CN1C(=O)C(=O)N(Cc2ccccc2)C1=O)Nc1cc(Cl)ccc1-n1cncn1. The monoisotopic (exact) mass is 438 g/mol. The van der Waals surface area contributed by atoms with Crippen molar-refractivity contribution in [1.29, 1.82) is 0 Å². The minimum atomic E-state index is -1.06. The fraction of sp³-hybridized carbons (Fsp3) is 0.100. The van der Waals surface area contributed by atoms with Crippen LogP contribution in [0.1, 0.15) is 5.56 Å². The van der Waals surface area contributed by atoms with Crippen LogP contribution in [0.25, 0.3) is 5.69 Å². The van der Waals surface area contributed by atoms with Crippen LogP contribution in [-0.4, -0.2) is 54.9 Å². The number of amides is 5. The van der Waals surface area contributed by atoms with E-state index in [1.807, 2.05) is 0 Å². The summed E-state index contributed by atoms with van der Waals surface area (Å²) in [5.74, 6) is -2.72. The Morgan fingerprint density at radius 2 is 1.74 bits per heavy atom. The topological polar surface area (TPSA) is 118 Å². The third-order valence-corrected chi connectivity index (χ3v) is 4.75. The van der Waals surface area contributed by atoms with E-state index in [-0.39, 0.29) is 6.54 Å². The van der Waals surface area contributed by atoms with Crippen LogP contribution in [0, 0.1) is 0 Å². The van der Waals surface area contributed by atoms with Crippen LogP contribution in [-0.2, 0) is 20.9 Å². The summed E-state index contributed by atoms with van der Waals surface area (Å²) in [6.45, 7) is -0.689. The fourth-order valence-corrected chi connectivity index (χ4v) is 3.24. The second kappa shape index (κ2) is 8.36. The van der Waals surface area contributed by atoms with Crippen molar-refractivity contribution >= 4 is 41.0 Å². The number of hydrogen-bond donors (Lipinski definition) is 1. The maximum atomic E-state index is 12.6. The molecule has 0 radical (unpaired) electrons. The van der Waals surface area contributed by atoms with Gasteiger partial charge in [0.25, 0.3) is 0 Å². The van der Waals surface area contributed by atoms with E-state index in [0.717, 1.165) is 4.90 Å². The van der Waals surface area contributed by atoms with Crippen molar-refractivity contribution in [3.8, 4) is 5.69 Å². The first-order valence-electron chi connectivity index (χ1n) is 9.09. The molecule has 0 saturated carbocycles. The van der Waals surface area contributed by atoms with E-state index >= 15 is 0 Å². The van der Waals surface area contributed by atoms with E-state index in [1.165, 1.54) is 23.4 Å². The van der Waals surface area contributed by atoms with Gasteiger partial charge in [0.2, 0.25) is 5.91 Å². The minimum absolute atomic E-state index is 0.0624. The van der Waals surface area contributed by atoms with E-state index < -0.39 is 30.3 Å². The Morgan fingerprint density at radius 1 is 1.00 bits per heavy atom. The zero-order chi connectivity index (χ0) is 22.0. The first-order chi connectivity index (χ1) is 14.9. The highest BCUT2D eigenvalue weighted by atomic mass is 35.5. The molecular formula is C20H15ClN6O4. The molecule has 0 atom stereocenters. The summed E-state index contributed by atoms with van der Waals surface area (Å²) in [6.07, 6.45) is 2.77. The summed E-state index contributed by atoms with van der Waals surface area (Å²) >= 11 is 6.03. The number of carbonyl (C=O) groups excluding carboxylic acids is 4. The zero-order valence-electron chi connectivity index (χ0n) is 15.9. The van der Waals surface area contributed by atoms with Crippen LogP contribution in [0.15, 0.2) is 61.2 Å². The highest BCUT2D eigenvalue weighted by molar-refractivity contribution is 6.45. The number of nitrogens with one attached hydrogen (secondary N) is 1. The Hall–Kier alpha value is -4.05. The number of rotatable bonds is 6. The average Bonchev–Trinajstić information content (AvgIpc) is 3.35. The van der Waals surface area contributed by atoms with E-state index in [4.69, 9.17) is 11.6 Å². The lowest BCUT2D eigenvalue weighted by Crippen LogP contribution is -2.39. The maximum Gasteiger partial charge on any atom is 0.335 e. The van der Waals surface area contributed by atoms with Gasteiger partial charge >= 0.3 is 17.8 Å². The molecule has 1 aromatic heterocycles. The fourth-order valence-electron chi connectivity index (χ4n) is 3.07. The van der Waals surface area contributed by atoms with Gasteiger partial charge in [0, 0.05) is 5.02 Å². The van der Waals surface area contributed by atoms with Gasteiger partial charge in [-0.2, -0.15) is 5.10 Å². The standard InChI is InChI=1S/C20H15ClN6O4/c21-14-6-7-16(27-12-22-11-23-27)15(8-14)24-17(28)10-26-19(30)18(29)25(20(26)31)9-13-4-2-1-3-5-13/h1-8,11-12H,9-10H2,(H,24,28). The maximum absolute atomic E-state index is 12.6. The molecule has 4 rings (SSSR count). The molecule has 2 aromatic carbocycles. The summed E-state index contributed by atoms with van der Waals surface area (Å²) in [4.78, 5) is 55.1. The van der Waals surface area contributed by atoms with Crippen molar-refractivity contribution in [3.05, 3.63) is 71.8 Å². The van der Waals surface area contributed by atoms with Gasteiger partial charge in [-0.15, -0.1) is 0 Å². The third kappa shape index (κ3) is 4.14. The molecule has 0 bridgehead atoms. The molecule has 2 heterocycles. The molecule has 31 heavy (non-hydrogen) atoms. The van der Waals surface area contributed by atoms with Crippen LogP contribution in [0.5, 0.6) is 0 Å². The Balaban J connectivity index is 1.49. The van der Waals surface area contributed by atoms with Crippen LogP contribution < -0.4 is 5.32 Å². The van der Waals surface area contributed by atoms with Crippen LogP contribution in [0.2, 0.25) is 5.02 Å². The van der Waals surface area contributed by atoms with Gasteiger partial charge < -0.3 is 5.32 Å². The zero-order valence-corrected chi connectivity index (χ0v) is 16.7. The molecule has 1 saturated heterocycles. The number of hydrogen-bond acceptors (Lipinski definition) is 6. The second-order valence-electron chi connectivity index (χ2n) is 6.60. The van der Waals surface area contributed by atoms with Gasteiger partial charge in [0.1, 0.15) is 19.2 Å². The molecule has 1 N–H and O–H groups in total. The molecule has 0 unspecified atom stereocenters. The molecule has 3 aromatic rings. The van der Waals surface area contributed by atoms with Gasteiger partial charge in [-0.05, 0) is 23.8 Å². The minimum Gasteiger partial charge on any atom is -0.323 e. The molecule has 0 aliphatic carbocycles. The van der Waals surface area contributed by atoms with Gasteiger partial charge in [0.05, 0.1) is 17.9 Å². The van der Waals surface area contributed by atoms with Gasteiger partial charge in [-0.25, -0.2) is 19.4 Å². The van der Waals surface area contributed by atoms with Crippen molar-refractivity contribution in [3.63, 3.8) is 0 Å². The summed E-state index contributed by atoms with van der Waals surface area (Å²) in [7, 11) is 0. The molecule has 156 valence electrons. The van der Waals surface area contributed by atoms with Gasteiger partial charge in [-0.3, -0.25) is 19.3 Å². The summed E-state index contributed by atoms with van der Waals surface area (Å²) in [6, 6.07) is 12.6. The van der Waals surface area contributed by atoms with E-state index in [1.54, 1.807) is 42.5 Å². The molecule has 1 aliphatic rings. The van der Waals surface area contributed by atoms with Gasteiger partial charge in [-0.1, -0.05) is 41.9 Å². The van der Waals surface area contributed by atoms with Crippen molar-refractivity contribution in [2.75, 3.05) is 11.9 Å². The molecule has 0 spiro atoms. The lowest BCUT2D eigenvalue weighted by molar-refractivity contribution is -0.143. The van der Waals surface area contributed by atoms with Crippen molar-refractivity contribution in [2.45, 2.75) is 6.54 Å². The number of benzene rings is 2.